The molecule has 0 aromatic heterocycles. The minimum absolute atomic E-state index is 0.0218. The maximum atomic E-state index is 11.4. The van der Waals surface area contributed by atoms with Gasteiger partial charge in [-0.1, -0.05) is 26.0 Å². The summed E-state index contributed by atoms with van der Waals surface area (Å²) in [5.74, 6) is 1.21. The monoisotopic (exact) mass is 277 g/mol. The molecule has 0 aliphatic carbocycles. The summed E-state index contributed by atoms with van der Waals surface area (Å²) in [6, 6.07) is 8.00. The van der Waals surface area contributed by atoms with Crippen LogP contribution in [0.3, 0.4) is 0 Å². The van der Waals surface area contributed by atoms with Gasteiger partial charge in [-0.15, -0.1) is 0 Å². The Morgan fingerprint density at radius 2 is 2.10 bits per heavy atom. The average Bonchev–Trinajstić information content (AvgIpc) is 2.95. The van der Waals surface area contributed by atoms with Crippen LogP contribution < -0.4 is 10.1 Å². The van der Waals surface area contributed by atoms with Gasteiger partial charge in [0.05, 0.1) is 7.11 Å². The molecule has 1 saturated heterocycles. The highest BCUT2D eigenvalue weighted by molar-refractivity contribution is 5.76. The smallest absolute Gasteiger partial charge is 0.323 e. The lowest BCUT2D eigenvalue weighted by Gasteiger charge is -2.14. The molecule has 0 bridgehead atoms. The van der Waals surface area contributed by atoms with Crippen LogP contribution in [-0.2, 0) is 9.53 Å². The van der Waals surface area contributed by atoms with Crippen LogP contribution in [0.1, 0.15) is 38.2 Å². The van der Waals surface area contributed by atoms with Crippen molar-refractivity contribution in [3.05, 3.63) is 29.8 Å². The van der Waals surface area contributed by atoms with Gasteiger partial charge >= 0.3 is 5.97 Å². The number of rotatable bonds is 5. The first-order valence-electron chi connectivity index (χ1n) is 7.21. The van der Waals surface area contributed by atoms with Gasteiger partial charge in [0.1, 0.15) is 17.9 Å². The Balaban J connectivity index is 1.90. The number of ether oxygens (including phenoxy) is 2. The predicted octanol–water partition coefficient (Wildman–Crippen LogP) is 2.48. The molecule has 1 aromatic rings. The molecule has 20 heavy (non-hydrogen) atoms. The number of hydrogen-bond donors (Lipinski definition) is 1. The van der Waals surface area contributed by atoms with E-state index in [0.717, 1.165) is 12.2 Å². The average molecular weight is 277 g/mol. The summed E-state index contributed by atoms with van der Waals surface area (Å²) in [6.07, 6.45) is 1.81. The molecule has 0 amide bonds. The lowest BCUT2D eigenvalue weighted by atomic mass is 9.99. The fourth-order valence-corrected chi connectivity index (χ4v) is 2.42. The summed E-state index contributed by atoms with van der Waals surface area (Å²) < 4.78 is 10.6. The van der Waals surface area contributed by atoms with E-state index in [0.29, 0.717) is 18.9 Å². The fraction of sp³-hybridized carbons (Fsp3) is 0.562. The van der Waals surface area contributed by atoms with Crippen molar-refractivity contribution in [3.63, 3.8) is 0 Å². The van der Waals surface area contributed by atoms with Crippen LogP contribution in [0.2, 0.25) is 0 Å². The molecule has 1 aromatic carbocycles. The third kappa shape index (κ3) is 3.51. The van der Waals surface area contributed by atoms with Gasteiger partial charge in [-0.05, 0) is 30.0 Å². The van der Waals surface area contributed by atoms with Gasteiger partial charge in [0.15, 0.2) is 0 Å². The summed E-state index contributed by atoms with van der Waals surface area (Å²) in [7, 11) is 1.41. The van der Waals surface area contributed by atoms with Crippen LogP contribution in [-0.4, -0.2) is 31.8 Å². The molecule has 0 radical (unpaired) electrons. The van der Waals surface area contributed by atoms with Crippen molar-refractivity contribution >= 4 is 5.97 Å². The minimum atomic E-state index is -0.246. The molecule has 2 rings (SSSR count). The van der Waals surface area contributed by atoms with Crippen LogP contribution in [0.5, 0.6) is 5.75 Å². The quantitative estimate of drug-likeness (QED) is 0.840. The lowest BCUT2D eigenvalue weighted by Crippen LogP contribution is -2.31. The summed E-state index contributed by atoms with van der Waals surface area (Å²) in [5, 5.41) is 3.12. The molecule has 0 saturated carbocycles. The van der Waals surface area contributed by atoms with Crippen LogP contribution >= 0.6 is 0 Å². The number of methoxy groups -OCH3 is 1. The molecule has 0 spiro atoms. The number of carbonyl (C=O) groups excluding carboxylic acids is 1. The van der Waals surface area contributed by atoms with Crippen molar-refractivity contribution in [3.8, 4) is 5.75 Å². The van der Waals surface area contributed by atoms with Crippen LogP contribution in [0, 0.1) is 0 Å². The molecule has 3 atom stereocenters. The van der Waals surface area contributed by atoms with Crippen molar-refractivity contribution in [2.75, 3.05) is 13.7 Å². The third-order valence-electron chi connectivity index (χ3n) is 3.94. The van der Waals surface area contributed by atoms with Gasteiger partial charge in [-0.25, -0.2) is 0 Å². The van der Waals surface area contributed by atoms with E-state index in [-0.39, 0.29) is 18.1 Å². The number of carbonyl (C=O) groups is 1. The molecule has 1 unspecified atom stereocenters. The highest BCUT2D eigenvalue weighted by Crippen LogP contribution is 2.23. The van der Waals surface area contributed by atoms with E-state index in [1.165, 1.54) is 12.7 Å². The Morgan fingerprint density at radius 1 is 1.40 bits per heavy atom. The highest BCUT2D eigenvalue weighted by atomic mass is 16.5. The second kappa shape index (κ2) is 6.75. The first-order valence-corrected chi connectivity index (χ1v) is 7.21. The second-order valence-corrected chi connectivity index (χ2v) is 5.34. The SMILES string of the molecule is CCC(C)c1ccc(O[C@@H]2CN[C@H](C(=O)OC)C2)cc1. The molecule has 1 heterocycles. The van der Waals surface area contributed by atoms with Crippen LogP contribution in [0.25, 0.3) is 0 Å². The van der Waals surface area contributed by atoms with Crippen molar-refractivity contribution in [2.24, 2.45) is 0 Å². The largest absolute Gasteiger partial charge is 0.489 e. The van der Waals surface area contributed by atoms with E-state index in [9.17, 15) is 4.79 Å². The Labute approximate surface area is 120 Å². The van der Waals surface area contributed by atoms with Gasteiger partial charge in [0, 0.05) is 13.0 Å². The topological polar surface area (TPSA) is 47.6 Å². The molecule has 110 valence electrons. The molecule has 1 aliphatic heterocycles. The van der Waals surface area contributed by atoms with Crippen molar-refractivity contribution < 1.29 is 14.3 Å². The van der Waals surface area contributed by atoms with Gasteiger partial charge in [-0.2, -0.15) is 0 Å². The van der Waals surface area contributed by atoms with Crippen LogP contribution in [0.15, 0.2) is 24.3 Å². The highest BCUT2D eigenvalue weighted by Gasteiger charge is 2.31. The molecular weight excluding hydrogens is 254 g/mol. The Hall–Kier alpha value is -1.55. The predicted molar refractivity (Wildman–Crippen MR) is 78.0 cm³/mol. The van der Waals surface area contributed by atoms with Crippen LogP contribution in [0.4, 0.5) is 0 Å². The zero-order valence-electron chi connectivity index (χ0n) is 12.4. The zero-order valence-corrected chi connectivity index (χ0v) is 12.4. The molecule has 4 nitrogen and oxygen atoms in total. The minimum Gasteiger partial charge on any atom is -0.489 e. The number of hydrogen-bond acceptors (Lipinski definition) is 4. The summed E-state index contributed by atoms with van der Waals surface area (Å²) in [5.41, 5.74) is 1.33. The standard InChI is InChI=1S/C16H23NO3/c1-4-11(2)12-5-7-13(8-6-12)20-14-9-15(17-10-14)16(18)19-3/h5-8,11,14-15,17H,4,9-10H2,1-3H3/t11?,14-,15-/m0/s1. The van der Waals surface area contributed by atoms with E-state index in [1.807, 2.05) is 12.1 Å². The first-order chi connectivity index (χ1) is 9.63. The Kier molecular flexibility index (Phi) is 5.01. The third-order valence-corrected chi connectivity index (χ3v) is 3.94. The van der Waals surface area contributed by atoms with Crippen molar-refractivity contribution in [1.29, 1.82) is 0 Å². The molecular formula is C16H23NO3. The van der Waals surface area contributed by atoms with Gasteiger partial charge in [0.2, 0.25) is 0 Å². The molecule has 1 fully saturated rings. The van der Waals surface area contributed by atoms with Crippen molar-refractivity contribution in [2.45, 2.75) is 44.8 Å². The van der Waals surface area contributed by atoms with E-state index in [4.69, 9.17) is 9.47 Å². The van der Waals surface area contributed by atoms with Gasteiger partial charge in [-0.3, -0.25) is 4.79 Å². The Bertz CT molecular complexity index is 444. The van der Waals surface area contributed by atoms with Gasteiger partial charge in [0.25, 0.3) is 0 Å². The van der Waals surface area contributed by atoms with E-state index in [1.54, 1.807) is 0 Å². The summed E-state index contributed by atoms with van der Waals surface area (Å²) in [4.78, 5) is 11.4. The van der Waals surface area contributed by atoms with Crippen molar-refractivity contribution in [1.82, 2.24) is 5.32 Å². The lowest BCUT2D eigenvalue weighted by molar-refractivity contribution is -0.142. The first kappa shape index (κ1) is 14.9. The normalized spacial score (nSPS) is 23.4. The molecule has 1 aliphatic rings. The summed E-state index contributed by atoms with van der Waals surface area (Å²) in [6.45, 7) is 5.08. The maximum Gasteiger partial charge on any atom is 0.323 e. The fourth-order valence-electron chi connectivity index (χ4n) is 2.42. The zero-order chi connectivity index (χ0) is 14.5. The number of nitrogens with one attached hydrogen (secondary N) is 1. The molecule has 1 N–H and O–H groups in total. The second-order valence-electron chi connectivity index (χ2n) is 5.34. The maximum absolute atomic E-state index is 11.4. The van der Waals surface area contributed by atoms with E-state index >= 15 is 0 Å². The number of esters is 1. The Morgan fingerprint density at radius 3 is 2.70 bits per heavy atom. The van der Waals surface area contributed by atoms with Gasteiger partial charge < -0.3 is 14.8 Å². The van der Waals surface area contributed by atoms with E-state index < -0.39 is 0 Å². The summed E-state index contributed by atoms with van der Waals surface area (Å²) >= 11 is 0. The molecule has 4 heteroatoms. The number of benzene rings is 1. The van der Waals surface area contributed by atoms with E-state index in [2.05, 4.69) is 31.3 Å².